The van der Waals surface area contributed by atoms with Crippen LogP contribution in [0.5, 0.6) is 0 Å². The lowest BCUT2D eigenvalue weighted by atomic mass is 9.83. The van der Waals surface area contributed by atoms with Gasteiger partial charge in [0.1, 0.15) is 14.2 Å². The molecule has 0 spiro atoms. The van der Waals surface area contributed by atoms with Crippen LogP contribution in [0, 0.1) is 0 Å². The number of nitrogens with zero attached hydrogens (tertiary/aromatic N) is 2. The van der Waals surface area contributed by atoms with E-state index in [-0.39, 0.29) is 0 Å². The van der Waals surface area contributed by atoms with Gasteiger partial charge in [-0.05, 0) is 41.9 Å². The van der Waals surface area contributed by atoms with E-state index in [0.29, 0.717) is 11.8 Å². The van der Waals surface area contributed by atoms with E-state index >= 15 is 0 Å². The maximum absolute atomic E-state index is 6.00. The van der Waals surface area contributed by atoms with E-state index in [1.54, 1.807) is 0 Å². The molecule has 2 rings (SSSR count). The van der Waals surface area contributed by atoms with Gasteiger partial charge >= 0.3 is 0 Å². The number of nitrogens with two attached hydrogens (primary N) is 2. The second kappa shape index (κ2) is 5.02. The average molecular weight is 244 g/mol. The van der Waals surface area contributed by atoms with Gasteiger partial charge in [0, 0.05) is 0 Å². The molecule has 0 saturated heterocycles. The molecule has 1 fully saturated rings. The number of hydrogen-bond donors (Lipinski definition) is 2. The van der Waals surface area contributed by atoms with Crippen molar-refractivity contribution in [1.82, 2.24) is 0 Å². The van der Waals surface area contributed by atoms with Gasteiger partial charge in [-0.15, -0.1) is 0 Å². The van der Waals surface area contributed by atoms with Gasteiger partial charge in [0.05, 0.1) is 5.69 Å². The van der Waals surface area contributed by atoms with Crippen molar-refractivity contribution in [1.29, 1.82) is 0 Å². The molecular weight excluding hydrogens is 223 g/mol. The lowest BCUT2D eigenvalue weighted by Gasteiger charge is -2.21. The highest BCUT2D eigenvalue weighted by Gasteiger charge is 2.28. The van der Waals surface area contributed by atoms with E-state index < -0.39 is 0 Å². The molecule has 1 aromatic rings. The fraction of sp³-hybridized carbons (Fsp3) is 0.462. The number of hydrogen-bond acceptors (Lipinski definition) is 3. The largest absolute Gasteiger partial charge is 0.322 e. The Morgan fingerprint density at radius 1 is 1.44 bits per heavy atom. The van der Waals surface area contributed by atoms with Crippen LogP contribution in [-0.4, -0.2) is 14.2 Å². The molecule has 0 unspecified atom stereocenters. The lowest BCUT2D eigenvalue weighted by molar-refractivity contribution is 0.870. The number of hydrazone groups is 1. The summed E-state index contributed by atoms with van der Waals surface area (Å²) in [6.45, 7) is 4.39. The summed E-state index contributed by atoms with van der Waals surface area (Å²) in [4.78, 5) is 0. The monoisotopic (exact) mass is 244 g/mol. The Morgan fingerprint density at radius 2 is 2.11 bits per heavy atom. The van der Waals surface area contributed by atoms with Gasteiger partial charge < -0.3 is 5.84 Å². The van der Waals surface area contributed by atoms with Crippen LogP contribution in [0.2, 0.25) is 0 Å². The van der Waals surface area contributed by atoms with Crippen molar-refractivity contribution in [3.05, 3.63) is 23.3 Å². The maximum atomic E-state index is 6.00. The molecular formula is C13H21BN4. The summed E-state index contributed by atoms with van der Waals surface area (Å²) in [5.41, 5.74) is 5.02. The SMILES string of the molecule is Bc1cc(C2CC2)c(N(N)/C=N\N)cc1C(C)C. The number of anilines is 1. The van der Waals surface area contributed by atoms with E-state index in [4.69, 9.17) is 11.7 Å². The zero-order valence-electron chi connectivity index (χ0n) is 11.4. The van der Waals surface area contributed by atoms with Crippen molar-refractivity contribution in [2.24, 2.45) is 16.8 Å². The molecule has 4 N–H and O–H groups in total. The predicted octanol–water partition coefficient (Wildman–Crippen LogP) is 0.528. The topological polar surface area (TPSA) is 67.6 Å². The van der Waals surface area contributed by atoms with Crippen molar-refractivity contribution in [3.63, 3.8) is 0 Å². The van der Waals surface area contributed by atoms with Crippen molar-refractivity contribution >= 4 is 25.3 Å². The first kappa shape index (κ1) is 13.0. The van der Waals surface area contributed by atoms with Crippen LogP contribution >= 0.6 is 0 Å². The molecule has 0 amide bonds. The molecule has 96 valence electrons. The third-order valence-electron chi connectivity index (χ3n) is 3.52. The van der Waals surface area contributed by atoms with Crippen LogP contribution in [0.15, 0.2) is 17.2 Å². The maximum Gasteiger partial charge on any atom is 0.139 e. The van der Waals surface area contributed by atoms with Gasteiger partial charge in [0.15, 0.2) is 0 Å². The summed E-state index contributed by atoms with van der Waals surface area (Å²) in [7, 11) is 2.17. The smallest absolute Gasteiger partial charge is 0.139 e. The molecule has 0 aromatic heterocycles. The number of rotatable bonds is 4. The Hall–Kier alpha value is -1.49. The Kier molecular flexibility index (Phi) is 3.61. The van der Waals surface area contributed by atoms with Crippen LogP contribution in [-0.2, 0) is 0 Å². The van der Waals surface area contributed by atoms with Gasteiger partial charge in [-0.25, -0.2) is 5.84 Å². The molecule has 18 heavy (non-hydrogen) atoms. The van der Waals surface area contributed by atoms with Gasteiger partial charge in [-0.3, -0.25) is 5.01 Å². The van der Waals surface area contributed by atoms with Crippen molar-refractivity contribution in [2.45, 2.75) is 38.5 Å². The molecule has 5 heteroatoms. The summed E-state index contributed by atoms with van der Waals surface area (Å²) in [5, 5.41) is 5.03. The minimum absolute atomic E-state index is 0.486. The predicted molar refractivity (Wildman–Crippen MR) is 80.0 cm³/mol. The second-order valence-electron chi connectivity index (χ2n) is 5.37. The van der Waals surface area contributed by atoms with E-state index in [9.17, 15) is 0 Å². The highest BCUT2D eigenvalue weighted by molar-refractivity contribution is 6.33. The highest BCUT2D eigenvalue weighted by Crippen LogP contribution is 2.44. The van der Waals surface area contributed by atoms with Crippen LogP contribution in [0.3, 0.4) is 0 Å². The molecule has 4 nitrogen and oxygen atoms in total. The molecule has 0 bridgehead atoms. The van der Waals surface area contributed by atoms with E-state index in [2.05, 4.69) is 38.9 Å². The second-order valence-corrected chi connectivity index (χ2v) is 5.37. The average Bonchev–Trinajstić information content (AvgIpc) is 3.12. The minimum Gasteiger partial charge on any atom is -0.322 e. The van der Waals surface area contributed by atoms with E-state index in [1.807, 2.05) is 0 Å². The molecule has 0 heterocycles. The Labute approximate surface area is 109 Å². The van der Waals surface area contributed by atoms with Crippen molar-refractivity contribution in [3.8, 4) is 0 Å². The summed E-state index contributed by atoms with van der Waals surface area (Å²) in [5.74, 6) is 12.3. The molecule has 1 aromatic carbocycles. The number of hydrazine groups is 1. The minimum atomic E-state index is 0.486. The van der Waals surface area contributed by atoms with Gasteiger partial charge in [0.2, 0.25) is 0 Å². The van der Waals surface area contributed by atoms with Crippen LogP contribution in [0.1, 0.15) is 49.7 Å². The molecule has 0 aliphatic heterocycles. The summed E-state index contributed by atoms with van der Waals surface area (Å²) in [6.07, 6.45) is 3.96. The first-order chi connectivity index (χ1) is 8.54. The molecule has 0 atom stereocenters. The molecule has 0 radical (unpaired) electrons. The first-order valence-corrected chi connectivity index (χ1v) is 6.46. The Bertz CT molecular complexity index is 466. The summed E-state index contributed by atoms with van der Waals surface area (Å²) in [6, 6.07) is 4.45. The zero-order valence-corrected chi connectivity index (χ0v) is 11.4. The number of benzene rings is 1. The fourth-order valence-corrected chi connectivity index (χ4v) is 2.44. The zero-order chi connectivity index (χ0) is 13.3. The van der Waals surface area contributed by atoms with Gasteiger partial charge in [-0.1, -0.05) is 25.4 Å². The molecule has 1 saturated carbocycles. The summed E-state index contributed by atoms with van der Waals surface area (Å²) < 4.78 is 0. The van der Waals surface area contributed by atoms with Crippen molar-refractivity contribution < 1.29 is 0 Å². The Morgan fingerprint density at radius 3 is 2.61 bits per heavy atom. The highest BCUT2D eigenvalue weighted by atomic mass is 15.4. The van der Waals surface area contributed by atoms with Crippen molar-refractivity contribution in [2.75, 3.05) is 5.01 Å². The Balaban J connectivity index is 2.49. The quantitative estimate of drug-likeness (QED) is 0.267. The summed E-state index contributed by atoms with van der Waals surface area (Å²) >= 11 is 0. The van der Waals surface area contributed by atoms with Crippen LogP contribution in [0.4, 0.5) is 5.69 Å². The normalized spacial score (nSPS) is 15.6. The fourth-order valence-electron chi connectivity index (χ4n) is 2.44. The van der Waals surface area contributed by atoms with Crippen LogP contribution < -0.4 is 22.2 Å². The first-order valence-electron chi connectivity index (χ1n) is 6.46. The molecule has 1 aliphatic rings. The molecule has 1 aliphatic carbocycles. The van der Waals surface area contributed by atoms with Gasteiger partial charge in [0.25, 0.3) is 0 Å². The third kappa shape index (κ3) is 2.51. The van der Waals surface area contributed by atoms with E-state index in [1.165, 1.54) is 40.8 Å². The van der Waals surface area contributed by atoms with Gasteiger partial charge in [-0.2, -0.15) is 5.10 Å². The van der Waals surface area contributed by atoms with E-state index in [0.717, 1.165) is 5.69 Å². The standard InChI is InChI=1S/C13H21BN4/c1-8(2)10-6-13(18(16)7-17-15)11(5-12(10)14)9-3-4-9/h5-9H,3-4,14-16H2,1-2H3/b17-7-. The third-order valence-corrected chi connectivity index (χ3v) is 3.52. The van der Waals surface area contributed by atoms with Crippen LogP contribution in [0.25, 0.3) is 0 Å². The lowest BCUT2D eigenvalue weighted by Crippen LogP contribution is -2.31.